The van der Waals surface area contributed by atoms with Crippen molar-refractivity contribution in [3.8, 4) is 0 Å². The summed E-state index contributed by atoms with van der Waals surface area (Å²) in [6, 6.07) is -1.24. The topological polar surface area (TPSA) is 124 Å². The zero-order valence-corrected chi connectivity index (χ0v) is 7.27. The molecule has 7 nitrogen and oxygen atoms in total. The van der Waals surface area contributed by atoms with Crippen LogP contribution in [0, 0.1) is 0 Å². The van der Waals surface area contributed by atoms with Gasteiger partial charge in [0.2, 0.25) is 0 Å². The lowest BCUT2D eigenvalue weighted by atomic mass is 10.2. The molecule has 0 aromatic rings. The molecule has 7 heteroatoms. The number of aliphatic carboxylic acids is 3. The molecule has 0 saturated heterocycles. The van der Waals surface area contributed by atoms with Gasteiger partial charge >= 0.3 is 17.9 Å². The van der Waals surface area contributed by atoms with Crippen LogP contribution < -0.4 is 5.32 Å². The summed E-state index contributed by atoms with van der Waals surface area (Å²) in [6.07, 6.45) is -0.821. The predicted molar refractivity (Wildman–Crippen MR) is 43.9 cm³/mol. The van der Waals surface area contributed by atoms with E-state index in [4.69, 9.17) is 15.3 Å². The Bertz CT molecular complexity index is 238. The van der Waals surface area contributed by atoms with Gasteiger partial charge in [-0.3, -0.25) is 14.4 Å². The van der Waals surface area contributed by atoms with E-state index < -0.39 is 30.4 Å². The Hall–Kier alpha value is -1.63. The van der Waals surface area contributed by atoms with Crippen LogP contribution in [0.25, 0.3) is 0 Å². The van der Waals surface area contributed by atoms with Crippen LogP contribution in [0.4, 0.5) is 0 Å². The molecular weight excluding hydrogens is 194 g/mol. The van der Waals surface area contributed by atoms with Gasteiger partial charge in [-0.25, -0.2) is 0 Å². The summed E-state index contributed by atoms with van der Waals surface area (Å²) in [5, 5.41) is 27.4. The first kappa shape index (κ1) is 12.4. The zero-order valence-electron chi connectivity index (χ0n) is 7.27. The summed E-state index contributed by atoms with van der Waals surface area (Å²) in [5.41, 5.74) is 0. The maximum absolute atomic E-state index is 10.4. The predicted octanol–water partition coefficient (Wildman–Crippen LogP) is -1.02. The van der Waals surface area contributed by atoms with Crippen LogP contribution in [0.2, 0.25) is 0 Å². The van der Waals surface area contributed by atoms with Crippen LogP contribution in [0.5, 0.6) is 0 Å². The van der Waals surface area contributed by atoms with Gasteiger partial charge in [-0.1, -0.05) is 0 Å². The van der Waals surface area contributed by atoms with Crippen LogP contribution in [0.15, 0.2) is 0 Å². The number of carboxylic acids is 3. The lowest BCUT2D eigenvalue weighted by molar-refractivity contribution is -0.146. The number of nitrogens with one attached hydrogen (secondary N) is 1. The average Bonchev–Trinajstić information content (AvgIpc) is 2.00. The molecule has 4 N–H and O–H groups in total. The van der Waals surface area contributed by atoms with Gasteiger partial charge in [0.1, 0.15) is 6.04 Å². The van der Waals surface area contributed by atoms with E-state index in [1.165, 1.54) is 0 Å². The first-order valence-corrected chi connectivity index (χ1v) is 3.83. The molecule has 14 heavy (non-hydrogen) atoms. The Morgan fingerprint density at radius 3 is 2.00 bits per heavy atom. The molecule has 0 aliphatic rings. The lowest BCUT2D eigenvalue weighted by Gasteiger charge is -2.10. The van der Waals surface area contributed by atoms with Crippen molar-refractivity contribution in [1.82, 2.24) is 5.32 Å². The third-order valence-electron chi connectivity index (χ3n) is 1.41. The Balaban J connectivity index is 3.91. The maximum Gasteiger partial charge on any atom is 0.321 e. The number of carboxylic acid groups (broad SMARTS) is 3. The van der Waals surface area contributed by atoms with E-state index in [9.17, 15) is 14.4 Å². The van der Waals surface area contributed by atoms with Crippen LogP contribution in [-0.4, -0.2) is 45.8 Å². The fourth-order valence-corrected chi connectivity index (χ4v) is 0.775. The van der Waals surface area contributed by atoms with Gasteiger partial charge in [-0.05, 0) is 0 Å². The molecule has 0 bridgehead atoms. The van der Waals surface area contributed by atoms with E-state index in [1.807, 2.05) is 0 Å². The molecule has 0 amide bonds. The van der Waals surface area contributed by atoms with Gasteiger partial charge < -0.3 is 20.6 Å². The lowest BCUT2D eigenvalue weighted by Crippen LogP contribution is -2.39. The van der Waals surface area contributed by atoms with Crippen molar-refractivity contribution in [3.63, 3.8) is 0 Å². The molecule has 0 fully saturated rings. The second-order valence-corrected chi connectivity index (χ2v) is 2.59. The van der Waals surface area contributed by atoms with Crippen LogP contribution in [-0.2, 0) is 14.4 Å². The minimum atomic E-state index is -1.31. The van der Waals surface area contributed by atoms with Gasteiger partial charge in [-0.15, -0.1) is 0 Å². The molecule has 0 heterocycles. The third-order valence-corrected chi connectivity index (χ3v) is 1.41. The molecule has 0 aromatic heterocycles. The number of carbonyl (C=O) groups is 3. The van der Waals surface area contributed by atoms with Crippen LogP contribution in [0.3, 0.4) is 0 Å². The highest BCUT2D eigenvalue weighted by Gasteiger charge is 2.19. The normalized spacial score (nSPS) is 12.0. The quantitative estimate of drug-likeness (QED) is 0.419. The zero-order chi connectivity index (χ0) is 11.1. The van der Waals surface area contributed by atoms with Gasteiger partial charge in [0.25, 0.3) is 0 Å². The van der Waals surface area contributed by atoms with Crippen molar-refractivity contribution >= 4 is 17.9 Å². The molecule has 0 aliphatic heterocycles. The van der Waals surface area contributed by atoms with Crippen molar-refractivity contribution in [2.24, 2.45) is 0 Å². The van der Waals surface area contributed by atoms with Crippen molar-refractivity contribution in [3.05, 3.63) is 0 Å². The standard InChI is InChI=1S/C7H11NO6/c9-5(10)1-2-8-4(7(13)14)3-6(11)12/h4,8H,1-3H2,(H,9,10)(H,11,12)(H,13,14). The maximum atomic E-state index is 10.4. The molecule has 1 unspecified atom stereocenters. The molecule has 0 aliphatic carbocycles. The summed E-state index contributed by atoms with van der Waals surface area (Å²) in [4.78, 5) is 30.7. The Labute approximate surface area is 79.3 Å². The van der Waals surface area contributed by atoms with Gasteiger partial charge in [0.15, 0.2) is 0 Å². The van der Waals surface area contributed by atoms with Crippen molar-refractivity contribution < 1.29 is 29.7 Å². The van der Waals surface area contributed by atoms with Crippen molar-refractivity contribution in [2.75, 3.05) is 6.54 Å². The van der Waals surface area contributed by atoms with E-state index in [-0.39, 0.29) is 13.0 Å². The molecule has 0 rings (SSSR count). The summed E-state index contributed by atoms with van der Waals surface area (Å²) in [5.74, 6) is -3.63. The highest BCUT2D eigenvalue weighted by Crippen LogP contribution is 1.92. The highest BCUT2D eigenvalue weighted by atomic mass is 16.4. The number of hydrogen-bond acceptors (Lipinski definition) is 4. The first-order valence-electron chi connectivity index (χ1n) is 3.83. The van der Waals surface area contributed by atoms with Crippen molar-refractivity contribution in [2.45, 2.75) is 18.9 Å². The average molecular weight is 205 g/mol. The summed E-state index contributed by atoms with van der Waals surface area (Å²) in [6.45, 7) is -0.0699. The monoisotopic (exact) mass is 205 g/mol. The largest absolute Gasteiger partial charge is 0.481 e. The smallest absolute Gasteiger partial charge is 0.321 e. The molecular formula is C7H11NO6. The summed E-state index contributed by atoms with van der Waals surface area (Å²) >= 11 is 0. The third kappa shape index (κ3) is 5.95. The van der Waals surface area contributed by atoms with E-state index in [1.54, 1.807) is 0 Å². The van der Waals surface area contributed by atoms with E-state index >= 15 is 0 Å². The minimum absolute atomic E-state index is 0.0699. The molecule has 0 saturated carbocycles. The number of rotatable bonds is 7. The fourth-order valence-electron chi connectivity index (χ4n) is 0.775. The van der Waals surface area contributed by atoms with E-state index in [2.05, 4.69) is 5.32 Å². The molecule has 0 aromatic carbocycles. The summed E-state index contributed by atoms with van der Waals surface area (Å²) < 4.78 is 0. The van der Waals surface area contributed by atoms with Gasteiger partial charge in [0, 0.05) is 6.54 Å². The van der Waals surface area contributed by atoms with Crippen LogP contribution in [0.1, 0.15) is 12.8 Å². The van der Waals surface area contributed by atoms with Gasteiger partial charge in [-0.2, -0.15) is 0 Å². The molecule has 80 valence electrons. The molecule has 1 atom stereocenters. The Morgan fingerprint density at radius 2 is 1.64 bits per heavy atom. The summed E-state index contributed by atoms with van der Waals surface area (Å²) in [7, 11) is 0. The van der Waals surface area contributed by atoms with E-state index in [0.29, 0.717) is 0 Å². The first-order chi connectivity index (χ1) is 6.43. The number of hydrogen-bond donors (Lipinski definition) is 4. The second kappa shape index (κ2) is 5.92. The van der Waals surface area contributed by atoms with Crippen LogP contribution >= 0.6 is 0 Å². The second-order valence-electron chi connectivity index (χ2n) is 2.59. The SMILES string of the molecule is O=C(O)CCNC(CC(=O)O)C(=O)O. The van der Waals surface area contributed by atoms with Gasteiger partial charge in [0.05, 0.1) is 12.8 Å². The minimum Gasteiger partial charge on any atom is -0.481 e. The Kier molecular flexibility index (Phi) is 5.23. The molecule has 0 radical (unpaired) electrons. The van der Waals surface area contributed by atoms with Crippen molar-refractivity contribution in [1.29, 1.82) is 0 Å². The Morgan fingerprint density at radius 1 is 1.07 bits per heavy atom. The highest BCUT2D eigenvalue weighted by molar-refractivity contribution is 5.80. The fraction of sp³-hybridized carbons (Fsp3) is 0.571. The molecule has 0 spiro atoms. The van der Waals surface area contributed by atoms with E-state index in [0.717, 1.165) is 0 Å².